The van der Waals surface area contributed by atoms with Crippen LogP contribution in [0.5, 0.6) is 0 Å². The van der Waals surface area contributed by atoms with Crippen molar-refractivity contribution in [3.8, 4) is 5.69 Å². The van der Waals surface area contributed by atoms with E-state index in [2.05, 4.69) is 10.3 Å². The number of aryl methyl sites for hydroxylation is 1. The standard InChI is InChI=1S/C11H10N4O4/c1-7-2-3-8(15(18)19)4-10(7)14-9(5-11(16)17)6-12-13-14/h2-4,6H,5H2,1H3,(H,16,17). The maximum absolute atomic E-state index is 10.8. The topological polar surface area (TPSA) is 111 Å². The molecule has 2 aromatic rings. The molecule has 0 aliphatic carbocycles. The van der Waals surface area contributed by atoms with Crippen molar-refractivity contribution in [1.29, 1.82) is 0 Å². The number of benzene rings is 1. The molecule has 8 heteroatoms. The fraction of sp³-hybridized carbons (Fsp3) is 0.182. The highest BCUT2D eigenvalue weighted by Gasteiger charge is 2.15. The van der Waals surface area contributed by atoms with Crippen molar-refractivity contribution in [3.63, 3.8) is 0 Å². The van der Waals surface area contributed by atoms with E-state index in [1.54, 1.807) is 13.0 Å². The molecule has 0 atom stereocenters. The number of carboxylic acids is 1. The zero-order valence-electron chi connectivity index (χ0n) is 9.98. The third-order valence-corrected chi connectivity index (χ3v) is 2.58. The van der Waals surface area contributed by atoms with Crippen molar-refractivity contribution in [2.24, 2.45) is 0 Å². The number of hydrogen-bond donors (Lipinski definition) is 1. The minimum Gasteiger partial charge on any atom is -0.481 e. The number of nitro benzene ring substituents is 1. The van der Waals surface area contributed by atoms with Crippen LogP contribution in [0.2, 0.25) is 0 Å². The number of aromatic nitrogens is 3. The van der Waals surface area contributed by atoms with E-state index in [1.807, 2.05) is 0 Å². The third kappa shape index (κ3) is 2.57. The highest BCUT2D eigenvalue weighted by Crippen LogP contribution is 2.21. The van der Waals surface area contributed by atoms with Gasteiger partial charge in [-0.05, 0) is 12.5 Å². The molecule has 19 heavy (non-hydrogen) atoms. The van der Waals surface area contributed by atoms with Crippen molar-refractivity contribution in [2.75, 3.05) is 0 Å². The van der Waals surface area contributed by atoms with Crippen LogP contribution in [-0.4, -0.2) is 31.0 Å². The number of aliphatic carboxylic acids is 1. The molecule has 0 saturated carbocycles. The van der Waals surface area contributed by atoms with Crippen molar-refractivity contribution < 1.29 is 14.8 Å². The molecule has 0 amide bonds. The summed E-state index contributed by atoms with van der Waals surface area (Å²) < 4.78 is 1.30. The molecule has 0 aliphatic heterocycles. The van der Waals surface area contributed by atoms with E-state index < -0.39 is 10.9 Å². The second-order valence-electron chi connectivity index (χ2n) is 3.94. The number of hydrogen-bond acceptors (Lipinski definition) is 5. The SMILES string of the molecule is Cc1ccc([N+](=O)[O-])cc1-n1nncc1CC(=O)O. The van der Waals surface area contributed by atoms with Gasteiger partial charge in [0.25, 0.3) is 5.69 Å². The molecule has 0 aliphatic rings. The van der Waals surface area contributed by atoms with Crippen LogP contribution in [0.3, 0.4) is 0 Å². The highest BCUT2D eigenvalue weighted by molar-refractivity contribution is 5.69. The van der Waals surface area contributed by atoms with E-state index >= 15 is 0 Å². The lowest BCUT2D eigenvalue weighted by molar-refractivity contribution is -0.384. The van der Waals surface area contributed by atoms with Crippen molar-refractivity contribution in [3.05, 3.63) is 45.8 Å². The normalized spacial score (nSPS) is 10.4. The van der Waals surface area contributed by atoms with Crippen molar-refractivity contribution >= 4 is 11.7 Å². The zero-order chi connectivity index (χ0) is 14.0. The Hall–Kier alpha value is -2.77. The summed E-state index contributed by atoms with van der Waals surface area (Å²) in [6, 6.07) is 4.31. The number of carbonyl (C=O) groups is 1. The van der Waals surface area contributed by atoms with Crippen LogP contribution in [0.1, 0.15) is 11.3 Å². The van der Waals surface area contributed by atoms with Gasteiger partial charge in [-0.1, -0.05) is 11.3 Å². The van der Waals surface area contributed by atoms with Gasteiger partial charge in [0.15, 0.2) is 0 Å². The summed E-state index contributed by atoms with van der Waals surface area (Å²) in [7, 11) is 0. The first-order valence-electron chi connectivity index (χ1n) is 5.36. The first kappa shape index (κ1) is 12.7. The van der Waals surface area contributed by atoms with Gasteiger partial charge < -0.3 is 5.11 Å². The Morgan fingerprint density at radius 3 is 2.89 bits per heavy atom. The molecule has 0 spiro atoms. The van der Waals surface area contributed by atoms with E-state index in [4.69, 9.17) is 5.11 Å². The molecule has 0 saturated heterocycles. The van der Waals surface area contributed by atoms with Crippen molar-refractivity contribution in [1.82, 2.24) is 15.0 Å². The molecule has 0 radical (unpaired) electrons. The lowest BCUT2D eigenvalue weighted by Crippen LogP contribution is -2.09. The Labute approximate surface area is 107 Å². The van der Waals surface area contributed by atoms with Gasteiger partial charge in [0.1, 0.15) is 0 Å². The average Bonchev–Trinajstić information content (AvgIpc) is 2.76. The lowest BCUT2D eigenvalue weighted by atomic mass is 10.1. The molecule has 1 aromatic carbocycles. The summed E-state index contributed by atoms with van der Waals surface area (Å²) in [5.41, 5.74) is 1.46. The second kappa shape index (κ2) is 4.84. The molecule has 98 valence electrons. The minimum absolute atomic E-state index is 0.0858. The van der Waals surface area contributed by atoms with Gasteiger partial charge in [-0.2, -0.15) is 0 Å². The molecular formula is C11H10N4O4. The molecule has 1 N–H and O–H groups in total. The monoisotopic (exact) mass is 262 g/mol. The maximum Gasteiger partial charge on any atom is 0.309 e. The predicted octanol–water partition coefficient (Wildman–Crippen LogP) is 1.11. The molecule has 8 nitrogen and oxygen atoms in total. The van der Waals surface area contributed by atoms with E-state index in [1.165, 1.54) is 23.0 Å². The largest absolute Gasteiger partial charge is 0.481 e. The summed E-state index contributed by atoms with van der Waals surface area (Å²) in [5, 5.41) is 27.0. The van der Waals surface area contributed by atoms with Crippen LogP contribution in [0.25, 0.3) is 5.69 Å². The molecule has 1 heterocycles. The van der Waals surface area contributed by atoms with E-state index in [9.17, 15) is 14.9 Å². The Morgan fingerprint density at radius 1 is 1.53 bits per heavy atom. The van der Waals surface area contributed by atoms with Crippen LogP contribution in [-0.2, 0) is 11.2 Å². The Kier molecular flexibility index (Phi) is 3.23. The maximum atomic E-state index is 10.8. The van der Waals surface area contributed by atoms with Gasteiger partial charge in [0.05, 0.1) is 28.9 Å². The first-order chi connectivity index (χ1) is 8.99. The van der Waals surface area contributed by atoms with E-state index in [0.717, 1.165) is 5.56 Å². The quantitative estimate of drug-likeness (QED) is 0.652. The number of nitrogens with zero attached hydrogens (tertiary/aromatic N) is 4. The third-order valence-electron chi connectivity index (χ3n) is 2.58. The number of carboxylic acid groups (broad SMARTS) is 1. The van der Waals surface area contributed by atoms with Crippen LogP contribution >= 0.6 is 0 Å². The van der Waals surface area contributed by atoms with Crippen LogP contribution in [0, 0.1) is 17.0 Å². The number of nitro groups is 1. The second-order valence-corrected chi connectivity index (χ2v) is 3.94. The smallest absolute Gasteiger partial charge is 0.309 e. The Morgan fingerprint density at radius 2 is 2.26 bits per heavy atom. The lowest BCUT2D eigenvalue weighted by Gasteiger charge is -2.07. The molecule has 0 bridgehead atoms. The van der Waals surface area contributed by atoms with Gasteiger partial charge in [0, 0.05) is 12.1 Å². The van der Waals surface area contributed by atoms with Crippen molar-refractivity contribution in [2.45, 2.75) is 13.3 Å². The Bertz CT molecular complexity index is 650. The fourth-order valence-electron chi connectivity index (χ4n) is 1.67. The zero-order valence-corrected chi connectivity index (χ0v) is 9.98. The summed E-state index contributed by atoms with van der Waals surface area (Å²) in [5.74, 6) is -1.02. The molecule has 1 aromatic heterocycles. The summed E-state index contributed by atoms with van der Waals surface area (Å²) in [6.07, 6.45) is 1.07. The van der Waals surface area contributed by atoms with Gasteiger partial charge in [-0.15, -0.1) is 5.10 Å². The number of rotatable bonds is 4. The first-order valence-corrected chi connectivity index (χ1v) is 5.36. The fourth-order valence-corrected chi connectivity index (χ4v) is 1.67. The predicted molar refractivity (Wildman–Crippen MR) is 64.1 cm³/mol. The summed E-state index contributed by atoms with van der Waals surface area (Å²) in [6.45, 7) is 1.76. The van der Waals surface area contributed by atoms with Gasteiger partial charge in [-0.3, -0.25) is 14.9 Å². The van der Waals surface area contributed by atoms with Crippen LogP contribution in [0.15, 0.2) is 24.4 Å². The average molecular weight is 262 g/mol. The molecule has 0 unspecified atom stereocenters. The Balaban J connectivity index is 2.52. The van der Waals surface area contributed by atoms with Crippen LogP contribution < -0.4 is 0 Å². The molecule has 0 fully saturated rings. The number of non-ortho nitro benzene ring substituents is 1. The summed E-state index contributed by atoms with van der Waals surface area (Å²) in [4.78, 5) is 21.0. The van der Waals surface area contributed by atoms with Gasteiger partial charge >= 0.3 is 5.97 Å². The minimum atomic E-state index is -1.02. The van der Waals surface area contributed by atoms with Gasteiger partial charge in [-0.25, -0.2) is 4.68 Å². The highest BCUT2D eigenvalue weighted by atomic mass is 16.6. The molecule has 2 rings (SSSR count). The van der Waals surface area contributed by atoms with Gasteiger partial charge in [0.2, 0.25) is 0 Å². The summed E-state index contributed by atoms with van der Waals surface area (Å²) >= 11 is 0. The van der Waals surface area contributed by atoms with Crippen LogP contribution in [0.4, 0.5) is 5.69 Å². The molecular weight excluding hydrogens is 252 g/mol. The van der Waals surface area contributed by atoms with E-state index in [0.29, 0.717) is 11.4 Å². The van der Waals surface area contributed by atoms with E-state index in [-0.39, 0.29) is 12.1 Å².